The lowest BCUT2D eigenvalue weighted by atomic mass is 9.98. The van der Waals surface area contributed by atoms with E-state index >= 15 is 0 Å². The summed E-state index contributed by atoms with van der Waals surface area (Å²) < 4.78 is 14.6. The lowest BCUT2D eigenvalue weighted by molar-refractivity contribution is 0.0873. The van der Waals surface area contributed by atoms with Crippen molar-refractivity contribution in [2.24, 2.45) is 10.9 Å². The molecule has 4 aliphatic rings. The van der Waals surface area contributed by atoms with Gasteiger partial charge >= 0.3 is 0 Å². The van der Waals surface area contributed by atoms with Crippen LogP contribution in [0.4, 0.5) is 11.4 Å². The van der Waals surface area contributed by atoms with E-state index in [2.05, 4.69) is 27.7 Å². The molecule has 0 aliphatic carbocycles. The first kappa shape index (κ1) is 25.2. The Morgan fingerprint density at radius 2 is 2.10 bits per heavy atom. The smallest absolute Gasteiger partial charge is 0.268 e. The SMILES string of the molecule is COCC1CCCN(Cc2cc3c4c(c2)OCC2CCC(Cn5sc6c(cccc6c5=O)C(=N4)C(O)N3)N2)C1. The average molecular weight is 550 g/mol. The van der Waals surface area contributed by atoms with E-state index in [1.165, 1.54) is 24.4 Å². The zero-order valence-electron chi connectivity index (χ0n) is 22.2. The Labute approximate surface area is 231 Å². The van der Waals surface area contributed by atoms with Crippen molar-refractivity contribution in [3.05, 3.63) is 51.8 Å². The summed E-state index contributed by atoms with van der Waals surface area (Å²) in [6.07, 6.45) is 3.37. The number of methoxy groups -OCH3 is 1. The largest absolute Gasteiger partial charge is 0.490 e. The maximum atomic E-state index is 13.2. The molecule has 0 radical (unpaired) electrons. The number of aromatic nitrogens is 1. The van der Waals surface area contributed by atoms with Crippen LogP contribution in [0.1, 0.15) is 36.8 Å². The molecule has 39 heavy (non-hydrogen) atoms. The summed E-state index contributed by atoms with van der Waals surface area (Å²) >= 11 is 1.46. The van der Waals surface area contributed by atoms with E-state index in [-0.39, 0.29) is 17.6 Å². The highest BCUT2D eigenvalue weighted by molar-refractivity contribution is 7.14. The van der Waals surface area contributed by atoms with Gasteiger partial charge in [-0.25, -0.2) is 4.99 Å². The molecule has 3 N–H and O–H groups in total. The van der Waals surface area contributed by atoms with E-state index in [1.807, 2.05) is 22.2 Å². The first-order valence-electron chi connectivity index (χ1n) is 14.0. The first-order chi connectivity index (χ1) is 19.1. The van der Waals surface area contributed by atoms with Crippen LogP contribution in [0.25, 0.3) is 10.1 Å². The van der Waals surface area contributed by atoms with Gasteiger partial charge in [-0.05, 0) is 61.9 Å². The van der Waals surface area contributed by atoms with Gasteiger partial charge in [0.25, 0.3) is 5.56 Å². The van der Waals surface area contributed by atoms with Gasteiger partial charge < -0.3 is 25.2 Å². The van der Waals surface area contributed by atoms with E-state index in [9.17, 15) is 9.90 Å². The van der Waals surface area contributed by atoms with Crippen LogP contribution in [0.15, 0.2) is 40.1 Å². The van der Waals surface area contributed by atoms with E-state index in [0.717, 1.165) is 66.3 Å². The highest BCUT2D eigenvalue weighted by Crippen LogP contribution is 2.42. The quantitative estimate of drug-likeness (QED) is 0.459. The maximum absolute atomic E-state index is 13.2. The Kier molecular flexibility index (Phi) is 6.68. The number of hydrogen-bond donors (Lipinski definition) is 3. The van der Waals surface area contributed by atoms with Gasteiger partial charge in [0.05, 0.1) is 34.6 Å². The number of anilines is 1. The Morgan fingerprint density at radius 1 is 1.21 bits per heavy atom. The molecule has 9 nitrogen and oxygen atoms in total. The molecule has 0 spiro atoms. The lowest BCUT2D eigenvalue weighted by Crippen LogP contribution is -2.37. The Morgan fingerprint density at radius 3 is 3.00 bits per heavy atom. The van der Waals surface area contributed by atoms with E-state index < -0.39 is 6.23 Å². The van der Waals surface area contributed by atoms with Gasteiger partial charge in [0.15, 0.2) is 6.23 Å². The van der Waals surface area contributed by atoms with Crippen molar-refractivity contribution in [2.45, 2.75) is 57.1 Å². The number of aliphatic hydroxyl groups is 1. The fourth-order valence-electron chi connectivity index (χ4n) is 6.60. The van der Waals surface area contributed by atoms with Crippen LogP contribution < -0.4 is 20.9 Å². The zero-order chi connectivity index (χ0) is 26.5. The summed E-state index contributed by atoms with van der Waals surface area (Å²) in [5.74, 6) is 1.28. The van der Waals surface area contributed by atoms with Crippen LogP contribution in [0, 0.1) is 5.92 Å². The van der Waals surface area contributed by atoms with Crippen molar-refractivity contribution in [3.63, 3.8) is 0 Å². The standard InChI is InChI=1S/C29H35N5O4S/c1-37-15-17-4-3-9-33(12-17)13-18-10-23-26-24(11-18)38-16-20-8-7-19(30-20)14-34-29(36)22-6-2-5-21(27(22)39-34)25(32-26)28(35)31-23/h2,5-6,10-11,17,19-20,28,30-31,35H,3-4,7-9,12-16H2,1H3. The number of rotatable bonds is 4. The van der Waals surface area contributed by atoms with Crippen molar-refractivity contribution in [1.82, 2.24) is 14.2 Å². The minimum Gasteiger partial charge on any atom is -0.490 e. The topological polar surface area (TPSA) is 100 Å². The van der Waals surface area contributed by atoms with E-state index in [0.29, 0.717) is 35.9 Å². The predicted octanol–water partition coefficient (Wildman–Crippen LogP) is 3.30. The van der Waals surface area contributed by atoms with Gasteiger partial charge in [-0.1, -0.05) is 23.7 Å². The molecule has 2 fully saturated rings. The molecule has 1 aromatic heterocycles. The molecule has 206 valence electrons. The third kappa shape index (κ3) is 4.78. The van der Waals surface area contributed by atoms with Gasteiger partial charge in [-0.15, -0.1) is 0 Å². The second-order valence-corrected chi connectivity index (χ2v) is 12.4. The number of likely N-dealkylation sites (tertiary alicyclic amines) is 1. The minimum absolute atomic E-state index is 0.0169. The molecule has 4 unspecified atom stereocenters. The summed E-state index contributed by atoms with van der Waals surface area (Å²) in [6, 6.07) is 10.3. The first-order valence-corrected chi connectivity index (χ1v) is 14.8. The van der Waals surface area contributed by atoms with Gasteiger partial charge in [0.2, 0.25) is 0 Å². The highest BCUT2D eigenvalue weighted by Gasteiger charge is 2.31. The number of piperidine rings is 1. The third-order valence-electron chi connectivity index (χ3n) is 8.44. The Bertz CT molecular complexity index is 1480. The van der Waals surface area contributed by atoms with Gasteiger partial charge in [0.1, 0.15) is 18.0 Å². The molecular formula is C29H35N5O4S. The Balaban J connectivity index is 1.31. The van der Waals surface area contributed by atoms with Crippen molar-refractivity contribution in [1.29, 1.82) is 0 Å². The zero-order valence-corrected chi connectivity index (χ0v) is 23.0. The molecular weight excluding hydrogens is 514 g/mol. The molecule has 0 saturated carbocycles. The molecule has 3 aromatic rings. The van der Waals surface area contributed by atoms with Crippen LogP contribution in [0.2, 0.25) is 0 Å². The fraction of sp³-hybridized carbons (Fsp3) is 0.517. The summed E-state index contributed by atoms with van der Waals surface area (Å²) in [4.78, 5) is 20.7. The average Bonchev–Trinajstić information content (AvgIpc) is 3.51. The number of benzene rings is 2. The fourth-order valence-corrected chi connectivity index (χ4v) is 7.78. The van der Waals surface area contributed by atoms with Crippen LogP contribution in [0.3, 0.4) is 0 Å². The molecule has 2 aromatic carbocycles. The number of ether oxygens (including phenoxy) is 2. The Hall–Kier alpha value is -2.76. The lowest BCUT2D eigenvalue weighted by Gasteiger charge is -2.33. The number of hydrogen-bond acceptors (Lipinski definition) is 9. The highest BCUT2D eigenvalue weighted by atomic mass is 32.1. The molecule has 10 heteroatoms. The number of aliphatic hydroxyl groups excluding tert-OH is 1. The van der Waals surface area contributed by atoms with Crippen molar-refractivity contribution in [3.8, 4) is 5.75 Å². The molecule has 4 atom stereocenters. The maximum Gasteiger partial charge on any atom is 0.268 e. The van der Waals surface area contributed by atoms with Gasteiger partial charge in [-0.3, -0.25) is 13.7 Å². The number of aliphatic imine (C=N–C) groups is 1. The van der Waals surface area contributed by atoms with E-state index in [4.69, 9.17) is 14.5 Å². The second-order valence-electron chi connectivity index (χ2n) is 11.3. The molecule has 7 rings (SSSR count). The molecule has 6 bridgehead atoms. The van der Waals surface area contributed by atoms with Crippen molar-refractivity contribution >= 4 is 38.7 Å². The molecule has 5 heterocycles. The van der Waals surface area contributed by atoms with Crippen LogP contribution >= 0.6 is 11.5 Å². The second kappa shape index (κ2) is 10.3. The number of nitrogens with zero attached hydrogens (tertiary/aromatic N) is 3. The summed E-state index contributed by atoms with van der Waals surface area (Å²) in [5, 5.41) is 18.9. The molecule has 4 aliphatic heterocycles. The van der Waals surface area contributed by atoms with Crippen LogP contribution in [-0.4, -0.2) is 71.4 Å². The van der Waals surface area contributed by atoms with E-state index in [1.54, 1.807) is 7.11 Å². The van der Waals surface area contributed by atoms with Crippen molar-refractivity contribution in [2.75, 3.05) is 38.7 Å². The van der Waals surface area contributed by atoms with Crippen LogP contribution in [-0.2, 0) is 17.8 Å². The normalized spacial score (nSPS) is 26.7. The monoisotopic (exact) mass is 549 g/mol. The van der Waals surface area contributed by atoms with Gasteiger partial charge in [0, 0.05) is 37.8 Å². The number of fused-ring (bicyclic) bond motifs is 4. The summed E-state index contributed by atoms with van der Waals surface area (Å²) in [6.45, 7) is 4.83. The summed E-state index contributed by atoms with van der Waals surface area (Å²) in [5.41, 5.74) is 3.91. The summed E-state index contributed by atoms with van der Waals surface area (Å²) in [7, 11) is 1.78. The van der Waals surface area contributed by atoms with Gasteiger partial charge in [-0.2, -0.15) is 0 Å². The molecule has 0 amide bonds. The van der Waals surface area contributed by atoms with Crippen molar-refractivity contribution < 1.29 is 14.6 Å². The predicted molar refractivity (Wildman–Crippen MR) is 154 cm³/mol. The minimum atomic E-state index is -0.997. The molecule has 2 saturated heterocycles. The number of nitrogens with one attached hydrogen (secondary N) is 2. The van der Waals surface area contributed by atoms with Crippen LogP contribution in [0.5, 0.6) is 5.75 Å². The third-order valence-corrected chi connectivity index (χ3v) is 9.60.